The first kappa shape index (κ1) is 43.7. The van der Waals surface area contributed by atoms with Crippen molar-refractivity contribution >= 4 is 29.3 Å². The number of unbranched alkanes of at least 4 members (excludes halogenated alkanes) is 6. The zero-order valence-corrected chi connectivity index (χ0v) is 29.8. The Balaban J connectivity index is 3.12. The molecule has 0 saturated heterocycles. The third kappa shape index (κ3) is 17.3. The molecular formula is C37H58F3N3O6. The van der Waals surface area contributed by atoms with Gasteiger partial charge in [0.25, 0.3) is 0 Å². The van der Waals surface area contributed by atoms with E-state index >= 15 is 0 Å². The minimum Gasteiger partial charge on any atom is -0.382 e. The first-order valence-corrected chi connectivity index (χ1v) is 17.7. The molecule has 0 aromatic heterocycles. The van der Waals surface area contributed by atoms with Crippen molar-refractivity contribution < 1.29 is 42.3 Å². The number of rotatable bonds is 25. The minimum absolute atomic E-state index is 0.0168. The number of nitrogens with one attached hydrogen (secondary N) is 2. The average molecular weight is 698 g/mol. The van der Waals surface area contributed by atoms with Crippen LogP contribution in [0.4, 0.5) is 13.2 Å². The highest BCUT2D eigenvalue weighted by Crippen LogP contribution is 2.26. The summed E-state index contributed by atoms with van der Waals surface area (Å²) in [6, 6.07) is 5.99. The molecule has 0 heterocycles. The van der Waals surface area contributed by atoms with Crippen molar-refractivity contribution in [1.82, 2.24) is 10.6 Å². The van der Waals surface area contributed by atoms with Crippen LogP contribution in [0.15, 0.2) is 30.3 Å². The van der Waals surface area contributed by atoms with Gasteiger partial charge in [-0.3, -0.25) is 24.0 Å². The van der Waals surface area contributed by atoms with Crippen LogP contribution in [0.2, 0.25) is 0 Å². The van der Waals surface area contributed by atoms with E-state index in [1.54, 1.807) is 44.2 Å². The van der Waals surface area contributed by atoms with Crippen molar-refractivity contribution in [3.63, 3.8) is 0 Å². The Bertz CT molecular complexity index is 1180. The topological polar surface area (TPSA) is 156 Å². The maximum atomic E-state index is 13.8. The monoisotopic (exact) mass is 697 g/mol. The van der Waals surface area contributed by atoms with Crippen LogP contribution in [-0.4, -0.2) is 58.8 Å². The summed E-state index contributed by atoms with van der Waals surface area (Å²) >= 11 is 0. The SMILES string of the molecule is CCCCCCCCCC(=O)C[C@H](C(=O)N[C@@H](Cc1ccccc1)C(=O)C[C@H](C(=O)NC(CCC(N)=O)C(O)C(F)(F)F)C(C)C)C(C)C. The highest BCUT2D eigenvalue weighted by Gasteiger charge is 2.45. The molecule has 0 spiro atoms. The Hall–Kier alpha value is -3.28. The van der Waals surface area contributed by atoms with Gasteiger partial charge < -0.3 is 21.5 Å². The van der Waals surface area contributed by atoms with Crippen LogP contribution >= 0.6 is 0 Å². The van der Waals surface area contributed by atoms with Crippen LogP contribution in [0, 0.1) is 23.7 Å². The highest BCUT2D eigenvalue weighted by molar-refractivity contribution is 5.94. The molecule has 0 aliphatic rings. The molecule has 0 bridgehead atoms. The number of aliphatic hydroxyl groups is 1. The Morgan fingerprint density at radius 3 is 1.84 bits per heavy atom. The third-order valence-corrected chi connectivity index (χ3v) is 8.94. The molecule has 1 aromatic rings. The van der Waals surface area contributed by atoms with E-state index in [0.717, 1.165) is 31.2 Å². The number of primary amides is 1. The zero-order valence-electron chi connectivity index (χ0n) is 29.8. The molecule has 3 amide bonds. The molecule has 2 unspecified atom stereocenters. The molecule has 1 aromatic carbocycles. The number of hydrogen-bond acceptors (Lipinski definition) is 6. The van der Waals surface area contributed by atoms with E-state index in [2.05, 4.69) is 17.6 Å². The molecular weight excluding hydrogens is 639 g/mol. The average Bonchev–Trinajstić information content (AvgIpc) is 3.02. The smallest absolute Gasteiger partial charge is 0.382 e. The molecule has 0 fully saturated rings. The van der Waals surface area contributed by atoms with E-state index in [1.165, 1.54) is 19.3 Å². The van der Waals surface area contributed by atoms with Crippen molar-refractivity contribution in [2.24, 2.45) is 29.4 Å². The molecule has 5 atom stereocenters. The standard InChI is InChI=1S/C37H58F3N3O6/c1-6-7-8-9-10-11-15-18-27(44)22-28(24(2)3)35(48)43-31(21-26-16-13-12-14-17-26)32(45)23-29(25(4)5)36(49)42-30(19-20-33(41)46)34(47)37(38,39)40/h12-14,16-17,24-25,28-31,34,47H,6-11,15,18-23H2,1-5H3,(H2,41,46)(H,42,49)(H,43,48)/t28-,29-,30?,31-,34?/m0/s1. The number of hydrogen-bond donors (Lipinski definition) is 4. The summed E-state index contributed by atoms with van der Waals surface area (Å²) in [6.45, 7) is 9.09. The number of amides is 3. The number of alkyl halides is 3. The lowest BCUT2D eigenvalue weighted by atomic mass is 9.85. The van der Waals surface area contributed by atoms with E-state index in [4.69, 9.17) is 5.73 Å². The molecule has 49 heavy (non-hydrogen) atoms. The van der Waals surface area contributed by atoms with Crippen molar-refractivity contribution in [1.29, 1.82) is 0 Å². The predicted octanol–water partition coefficient (Wildman–Crippen LogP) is 5.99. The number of carbonyl (C=O) groups is 5. The molecule has 9 nitrogen and oxygen atoms in total. The van der Waals surface area contributed by atoms with Crippen LogP contribution in [-0.2, 0) is 30.4 Å². The summed E-state index contributed by atoms with van der Waals surface area (Å²) in [7, 11) is 0. The summed E-state index contributed by atoms with van der Waals surface area (Å²) in [5.74, 6) is -5.27. The van der Waals surface area contributed by atoms with Gasteiger partial charge in [-0.2, -0.15) is 13.2 Å². The second kappa shape index (κ2) is 22.4. The molecule has 1 rings (SSSR count). The fourth-order valence-electron chi connectivity index (χ4n) is 5.75. The summed E-state index contributed by atoms with van der Waals surface area (Å²) in [4.78, 5) is 64.9. The van der Waals surface area contributed by atoms with E-state index < -0.39 is 84.9 Å². The molecule has 5 N–H and O–H groups in total. The van der Waals surface area contributed by atoms with Gasteiger partial charge in [-0.25, -0.2) is 0 Å². The number of carbonyl (C=O) groups excluding carboxylic acids is 5. The van der Waals surface area contributed by atoms with Crippen LogP contribution in [0.1, 0.15) is 117 Å². The number of halogens is 3. The number of ketones is 2. The Morgan fingerprint density at radius 2 is 1.31 bits per heavy atom. The normalized spacial score (nSPS) is 14.9. The number of Topliss-reactive ketones (excluding diaryl/α,β-unsaturated/α-hetero) is 2. The number of benzene rings is 1. The van der Waals surface area contributed by atoms with Crippen LogP contribution in [0.5, 0.6) is 0 Å². The predicted molar refractivity (Wildman–Crippen MR) is 183 cm³/mol. The van der Waals surface area contributed by atoms with Gasteiger partial charge in [0.1, 0.15) is 5.78 Å². The Morgan fingerprint density at radius 1 is 0.776 bits per heavy atom. The zero-order chi connectivity index (χ0) is 37.1. The molecule has 278 valence electrons. The summed E-state index contributed by atoms with van der Waals surface area (Å²) in [5.41, 5.74) is 5.83. The van der Waals surface area contributed by atoms with Crippen molar-refractivity contribution in [2.45, 2.75) is 142 Å². The summed E-state index contributed by atoms with van der Waals surface area (Å²) < 4.78 is 40.1. The van der Waals surface area contributed by atoms with Crippen LogP contribution in [0.3, 0.4) is 0 Å². The molecule has 0 aliphatic heterocycles. The third-order valence-electron chi connectivity index (χ3n) is 8.94. The van der Waals surface area contributed by atoms with Gasteiger partial charge in [0, 0.05) is 37.5 Å². The van der Waals surface area contributed by atoms with Gasteiger partial charge >= 0.3 is 6.18 Å². The van der Waals surface area contributed by atoms with Gasteiger partial charge in [-0.1, -0.05) is 103 Å². The van der Waals surface area contributed by atoms with Crippen molar-refractivity contribution in [3.8, 4) is 0 Å². The van der Waals surface area contributed by atoms with Gasteiger partial charge in [0.2, 0.25) is 17.7 Å². The molecule has 0 saturated carbocycles. The van der Waals surface area contributed by atoms with E-state index in [-0.39, 0.29) is 24.5 Å². The maximum Gasteiger partial charge on any atom is 0.416 e. The summed E-state index contributed by atoms with van der Waals surface area (Å²) in [5, 5.41) is 14.9. The Labute approximate surface area is 289 Å². The summed E-state index contributed by atoms with van der Waals surface area (Å²) in [6.07, 6.45) is -1.51. The lowest BCUT2D eigenvalue weighted by Gasteiger charge is -2.29. The van der Waals surface area contributed by atoms with E-state index in [1.807, 2.05) is 13.8 Å². The van der Waals surface area contributed by atoms with Crippen LogP contribution in [0.25, 0.3) is 0 Å². The molecule has 12 heteroatoms. The minimum atomic E-state index is -5.08. The Kier molecular flexibility index (Phi) is 20.0. The van der Waals surface area contributed by atoms with Gasteiger partial charge in [-0.05, 0) is 36.7 Å². The lowest BCUT2D eigenvalue weighted by molar-refractivity contribution is -0.213. The first-order chi connectivity index (χ1) is 23.0. The van der Waals surface area contributed by atoms with Crippen molar-refractivity contribution in [2.75, 3.05) is 0 Å². The largest absolute Gasteiger partial charge is 0.416 e. The second-order valence-corrected chi connectivity index (χ2v) is 13.8. The van der Waals surface area contributed by atoms with Crippen molar-refractivity contribution in [3.05, 3.63) is 35.9 Å². The van der Waals surface area contributed by atoms with E-state index in [9.17, 15) is 42.3 Å². The van der Waals surface area contributed by atoms with Gasteiger partial charge in [0.15, 0.2) is 11.9 Å². The molecule has 0 radical (unpaired) electrons. The van der Waals surface area contributed by atoms with Gasteiger partial charge in [0.05, 0.1) is 12.1 Å². The van der Waals surface area contributed by atoms with E-state index in [0.29, 0.717) is 6.42 Å². The maximum absolute atomic E-state index is 13.8. The van der Waals surface area contributed by atoms with Crippen LogP contribution < -0.4 is 16.4 Å². The first-order valence-electron chi connectivity index (χ1n) is 17.7. The van der Waals surface area contributed by atoms with Gasteiger partial charge in [-0.15, -0.1) is 0 Å². The number of aliphatic hydroxyl groups excluding tert-OH is 1. The fraction of sp³-hybridized carbons (Fsp3) is 0.703. The number of nitrogens with two attached hydrogens (primary N) is 1. The lowest BCUT2D eigenvalue weighted by Crippen LogP contribution is -2.53. The second-order valence-electron chi connectivity index (χ2n) is 13.8. The fourth-order valence-corrected chi connectivity index (χ4v) is 5.75. The highest BCUT2D eigenvalue weighted by atomic mass is 19.4. The quantitative estimate of drug-likeness (QED) is 0.0921. The molecule has 0 aliphatic carbocycles.